The highest BCUT2D eigenvalue weighted by Crippen LogP contribution is 2.30. The van der Waals surface area contributed by atoms with Crippen LogP contribution in [0, 0.1) is 0 Å². The summed E-state index contributed by atoms with van der Waals surface area (Å²) < 4.78 is 34.3. The molecule has 0 amide bonds. The van der Waals surface area contributed by atoms with Crippen LogP contribution in [0.3, 0.4) is 0 Å². The highest BCUT2D eigenvalue weighted by atomic mass is 16.6. The standard InChI is InChI=1S/C30H35NO7/c1-3-7-25(8-4-1)24-38-31-30(26-9-5-2-6-10-26)27-11-12-28-29(23-27)37-22-20-35-18-16-33-14-13-32-15-17-34-19-21-36-28/h1-12,23H,13-22,24H2. The summed E-state index contributed by atoms with van der Waals surface area (Å²) in [6.45, 7) is 5.03. The lowest BCUT2D eigenvalue weighted by Crippen LogP contribution is -2.16. The predicted octanol–water partition coefficient (Wildman–Crippen LogP) is 4.49. The Morgan fingerprint density at radius 1 is 0.553 bits per heavy atom. The fraction of sp³-hybridized carbons (Fsp3) is 0.367. The average Bonchev–Trinajstić information content (AvgIpc) is 2.96. The van der Waals surface area contributed by atoms with Crippen molar-refractivity contribution in [1.82, 2.24) is 0 Å². The van der Waals surface area contributed by atoms with Gasteiger partial charge in [0.25, 0.3) is 0 Å². The van der Waals surface area contributed by atoms with E-state index < -0.39 is 0 Å². The molecule has 0 atom stereocenters. The van der Waals surface area contributed by atoms with Crippen LogP contribution >= 0.6 is 0 Å². The Labute approximate surface area is 224 Å². The van der Waals surface area contributed by atoms with Gasteiger partial charge in [-0.15, -0.1) is 0 Å². The van der Waals surface area contributed by atoms with Crippen LogP contribution in [0.2, 0.25) is 0 Å². The molecule has 3 aromatic carbocycles. The van der Waals surface area contributed by atoms with E-state index in [1.807, 2.05) is 78.9 Å². The molecule has 0 radical (unpaired) electrons. The molecule has 0 N–H and O–H groups in total. The molecule has 202 valence electrons. The van der Waals surface area contributed by atoms with Crippen molar-refractivity contribution in [1.29, 1.82) is 0 Å². The molecular formula is C30H35NO7. The van der Waals surface area contributed by atoms with Crippen molar-refractivity contribution in [3.8, 4) is 11.5 Å². The van der Waals surface area contributed by atoms with E-state index >= 15 is 0 Å². The second kappa shape index (κ2) is 16.4. The number of hydrogen-bond donors (Lipinski definition) is 0. The Bertz CT molecular complexity index is 1090. The molecule has 1 aliphatic heterocycles. The fourth-order valence-corrected chi connectivity index (χ4v) is 3.68. The van der Waals surface area contributed by atoms with Crippen molar-refractivity contribution in [3.05, 3.63) is 95.6 Å². The Kier molecular flexibility index (Phi) is 11.9. The van der Waals surface area contributed by atoms with Gasteiger partial charge < -0.3 is 33.3 Å². The zero-order valence-electron chi connectivity index (χ0n) is 21.6. The van der Waals surface area contributed by atoms with Crippen LogP contribution in [0.5, 0.6) is 11.5 Å². The minimum Gasteiger partial charge on any atom is -0.487 e. The van der Waals surface area contributed by atoms with Crippen LogP contribution in [0.15, 0.2) is 84.0 Å². The van der Waals surface area contributed by atoms with Crippen molar-refractivity contribution < 1.29 is 33.3 Å². The van der Waals surface area contributed by atoms with Gasteiger partial charge >= 0.3 is 0 Å². The first kappa shape index (κ1) is 27.6. The molecule has 38 heavy (non-hydrogen) atoms. The van der Waals surface area contributed by atoms with Crippen LogP contribution < -0.4 is 9.47 Å². The second-order valence-corrected chi connectivity index (χ2v) is 8.37. The van der Waals surface area contributed by atoms with Gasteiger partial charge in [-0.05, 0) is 23.8 Å². The lowest BCUT2D eigenvalue weighted by Gasteiger charge is -2.16. The van der Waals surface area contributed by atoms with E-state index in [0.717, 1.165) is 16.7 Å². The van der Waals surface area contributed by atoms with Crippen molar-refractivity contribution in [3.63, 3.8) is 0 Å². The van der Waals surface area contributed by atoms with Crippen molar-refractivity contribution in [2.24, 2.45) is 5.16 Å². The summed E-state index contributed by atoms with van der Waals surface area (Å²) in [5, 5.41) is 4.52. The van der Waals surface area contributed by atoms with E-state index in [2.05, 4.69) is 5.16 Å². The van der Waals surface area contributed by atoms with Crippen LogP contribution in [0.4, 0.5) is 0 Å². The van der Waals surface area contributed by atoms with Gasteiger partial charge in [0.1, 0.15) is 25.5 Å². The second-order valence-electron chi connectivity index (χ2n) is 8.37. The Balaban J connectivity index is 1.51. The lowest BCUT2D eigenvalue weighted by molar-refractivity contribution is -0.00841. The predicted molar refractivity (Wildman–Crippen MR) is 144 cm³/mol. The molecule has 0 saturated heterocycles. The van der Waals surface area contributed by atoms with Crippen LogP contribution in [-0.4, -0.2) is 71.8 Å². The molecule has 0 bridgehead atoms. The van der Waals surface area contributed by atoms with Gasteiger partial charge in [-0.25, -0.2) is 0 Å². The number of hydrogen-bond acceptors (Lipinski definition) is 8. The first-order valence-corrected chi connectivity index (χ1v) is 12.9. The topological polar surface area (TPSA) is 77.0 Å². The van der Waals surface area contributed by atoms with E-state index in [9.17, 15) is 0 Å². The molecule has 4 rings (SSSR count). The van der Waals surface area contributed by atoms with Gasteiger partial charge in [0.15, 0.2) is 11.5 Å². The summed E-state index contributed by atoms with van der Waals surface area (Å²) in [6, 6.07) is 25.6. The van der Waals surface area contributed by atoms with Crippen LogP contribution in [0.1, 0.15) is 16.7 Å². The summed E-state index contributed by atoms with van der Waals surface area (Å²) in [6.07, 6.45) is 0. The molecule has 0 unspecified atom stereocenters. The van der Waals surface area contributed by atoms with E-state index in [4.69, 9.17) is 33.3 Å². The number of ether oxygens (including phenoxy) is 6. The molecule has 0 saturated carbocycles. The van der Waals surface area contributed by atoms with Gasteiger partial charge in [-0.3, -0.25) is 0 Å². The molecule has 0 aromatic heterocycles. The Morgan fingerprint density at radius 2 is 1.08 bits per heavy atom. The highest BCUT2D eigenvalue weighted by molar-refractivity contribution is 6.12. The molecule has 1 aliphatic rings. The number of rotatable bonds is 5. The number of oxime groups is 1. The largest absolute Gasteiger partial charge is 0.487 e. The first-order valence-electron chi connectivity index (χ1n) is 12.9. The third-order valence-corrected chi connectivity index (χ3v) is 5.58. The smallest absolute Gasteiger partial charge is 0.161 e. The maximum absolute atomic E-state index is 6.09. The van der Waals surface area contributed by atoms with E-state index in [-0.39, 0.29) is 0 Å². The van der Waals surface area contributed by atoms with Gasteiger partial charge in [-0.2, -0.15) is 0 Å². The van der Waals surface area contributed by atoms with Crippen LogP contribution in [0.25, 0.3) is 0 Å². The highest BCUT2D eigenvalue weighted by Gasteiger charge is 2.14. The normalized spacial score (nSPS) is 16.7. The molecule has 8 heteroatoms. The minimum atomic E-state index is 0.363. The molecule has 0 aliphatic carbocycles. The zero-order valence-corrected chi connectivity index (χ0v) is 21.6. The average molecular weight is 522 g/mol. The van der Waals surface area contributed by atoms with E-state index in [1.54, 1.807) is 0 Å². The summed E-state index contributed by atoms with van der Waals surface area (Å²) in [5.41, 5.74) is 3.52. The third-order valence-electron chi connectivity index (χ3n) is 5.58. The van der Waals surface area contributed by atoms with Gasteiger partial charge in [0, 0.05) is 11.1 Å². The molecule has 0 spiro atoms. The van der Waals surface area contributed by atoms with E-state index in [0.29, 0.717) is 89.9 Å². The Morgan fingerprint density at radius 3 is 1.68 bits per heavy atom. The SMILES string of the molecule is c1ccc(CON=C(c2ccccc2)c2ccc3c(c2)OCCOCCOCCOCCOCCO3)cc1. The van der Waals surface area contributed by atoms with E-state index in [1.165, 1.54) is 0 Å². The quantitative estimate of drug-likeness (QED) is 0.362. The maximum Gasteiger partial charge on any atom is 0.161 e. The zero-order chi connectivity index (χ0) is 26.1. The maximum atomic E-state index is 6.09. The van der Waals surface area contributed by atoms with Crippen molar-refractivity contribution in [2.75, 3.05) is 66.1 Å². The third kappa shape index (κ3) is 9.46. The Hall–Kier alpha value is -3.43. The molecule has 0 fully saturated rings. The summed E-state index contributed by atoms with van der Waals surface area (Å²) in [5.74, 6) is 1.22. The molecular weight excluding hydrogens is 486 g/mol. The minimum absolute atomic E-state index is 0.363. The van der Waals surface area contributed by atoms with Gasteiger partial charge in [0.2, 0.25) is 0 Å². The fourth-order valence-electron chi connectivity index (χ4n) is 3.68. The van der Waals surface area contributed by atoms with Crippen molar-refractivity contribution in [2.45, 2.75) is 6.61 Å². The van der Waals surface area contributed by atoms with Crippen LogP contribution in [-0.2, 0) is 30.4 Å². The lowest BCUT2D eigenvalue weighted by atomic mass is 10.0. The number of fused-ring (bicyclic) bond motifs is 1. The summed E-state index contributed by atoms with van der Waals surface area (Å²) in [7, 11) is 0. The van der Waals surface area contributed by atoms with Gasteiger partial charge in [-0.1, -0.05) is 65.8 Å². The van der Waals surface area contributed by atoms with Crippen molar-refractivity contribution >= 4 is 5.71 Å². The number of benzene rings is 3. The van der Waals surface area contributed by atoms with Gasteiger partial charge in [0.05, 0.1) is 52.9 Å². The monoisotopic (exact) mass is 521 g/mol. The molecule has 1 heterocycles. The summed E-state index contributed by atoms with van der Waals surface area (Å²) in [4.78, 5) is 5.77. The number of nitrogens with zero attached hydrogens (tertiary/aromatic N) is 1. The molecule has 3 aromatic rings. The summed E-state index contributed by atoms with van der Waals surface area (Å²) >= 11 is 0. The first-order chi connectivity index (χ1) is 18.9. The molecule has 8 nitrogen and oxygen atoms in total.